The molecule has 8 heteroatoms. The zero-order valence-electron chi connectivity index (χ0n) is 20.7. The molecule has 1 unspecified atom stereocenters. The van der Waals surface area contributed by atoms with Gasteiger partial charge in [-0.3, -0.25) is 19.3 Å². The first-order valence-electron chi connectivity index (χ1n) is 12.7. The third-order valence-corrected chi connectivity index (χ3v) is 7.69. The Morgan fingerprint density at radius 3 is 1.73 bits per heavy atom. The number of nitrogens with one attached hydrogen (secondary N) is 1. The van der Waals surface area contributed by atoms with E-state index in [-0.39, 0.29) is 24.3 Å². The smallest absolute Gasteiger partial charge is 0.253 e. The Morgan fingerprint density at radius 1 is 0.848 bits per heavy atom. The van der Waals surface area contributed by atoms with E-state index in [2.05, 4.69) is 5.32 Å². The van der Waals surface area contributed by atoms with Crippen LogP contribution >= 0.6 is 7.14 Å². The van der Waals surface area contributed by atoms with Crippen molar-refractivity contribution in [3.63, 3.8) is 0 Å². The topological polar surface area (TPSA) is 83.6 Å². The molecular weight excluding hydrogens is 442 g/mol. The molecule has 1 aliphatic rings. The van der Waals surface area contributed by atoms with Gasteiger partial charge in [0.1, 0.15) is 7.14 Å². The first-order valence-corrected chi connectivity index (χ1v) is 15.4. The number of carbonyl (C=O) groups is 3. The highest BCUT2D eigenvalue weighted by Crippen LogP contribution is 2.45. The van der Waals surface area contributed by atoms with Crippen LogP contribution in [0.5, 0.6) is 0 Å². The van der Waals surface area contributed by atoms with Crippen LogP contribution in [0.4, 0.5) is 4.39 Å². The summed E-state index contributed by atoms with van der Waals surface area (Å²) >= 11 is 0. The van der Waals surface area contributed by atoms with Crippen molar-refractivity contribution in [3.05, 3.63) is 12.2 Å². The minimum Gasteiger partial charge on any atom is -0.354 e. The van der Waals surface area contributed by atoms with Gasteiger partial charge in [0.15, 0.2) is 5.91 Å². The Morgan fingerprint density at radius 2 is 1.27 bits per heavy atom. The molecule has 0 aromatic heterocycles. The van der Waals surface area contributed by atoms with E-state index >= 15 is 0 Å². The monoisotopic (exact) mass is 486 g/mol. The minimum absolute atomic E-state index is 0.0257. The van der Waals surface area contributed by atoms with Gasteiger partial charge in [-0.15, -0.1) is 0 Å². The van der Waals surface area contributed by atoms with E-state index in [1.807, 2.05) is 0 Å². The second kappa shape index (κ2) is 17.0. The van der Waals surface area contributed by atoms with E-state index in [4.69, 9.17) is 0 Å². The second-order valence-electron chi connectivity index (χ2n) is 9.51. The summed E-state index contributed by atoms with van der Waals surface area (Å²) < 4.78 is 25.2. The van der Waals surface area contributed by atoms with Gasteiger partial charge in [-0.05, 0) is 26.2 Å². The molecule has 0 aromatic rings. The predicted octanol–water partition coefficient (Wildman–Crippen LogP) is 5.80. The summed E-state index contributed by atoms with van der Waals surface area (Å²) in [5.41, 5.74) is 0. The predicted molar refractivity (Wildman–Crippen MR) is 132 cm³/mol. The van der Waals surface area contributed by atoms with Crippen molar-refractivity contribution in [1.29, 1.82) is 0 Å². The van der Waals surface area contributed by atoms with Crippen LogP contribution in [-0.4, -0.2) is 55.0 Å². The number of halogens is 1. The Balaban J connectivity index is 1.80. The second-order valence-corrected chi connectivity index (χ2v) is 12.9. The molecule has 1 heterocycles. The van der Waals surface area contributed by atoms with Crippen LogP contribution in [0.2, 0.25) is 0 Å². The van der Waals surface area contributed by atoms with Crippen LogP contribution in [0.15, 0.2) is 12.2 Å². The number of hydrogen-bond acceptors (Lipinski definition) is 4. The Hall–Kier alpha value is -1.49. The molecule has 0 aromatic carbocycles. The quantitative estimate of drug-likeness (QED) is 0.134. The van der Waals surface area contributed by atoms with Gasteiger partial charge >= 0.3 is 0 Å². The summed E-state index contributed by atoms with van der Waals surface area (Å²) in [6.45, 7) is 3.59. The first-order chi connectivity index (χ1) is 15.7. The molecule has 190 valence electrons. The molecule has 1 N–H and O–H groups in total. The van der Waals surface area contributed by atoms with Crippen molar-refractivity contribution in [2.24, 2.45) is 0 Å². The lowest BCUT2D eigenvalue weighted by atomic mass is 10.0. The van der Waals surface area contributed by atoms with Crippen LogP contribution in [0.1, 0.15) is 96.3 Å². The summed E-state index contributed by atoms with van der Waals surface area (Å²) in [5, 5.41) is 2.77. The molecule has 0 fully saturated rings. The molecule has 0 aliphatic carbocycles. The van der Waals surface area contributed by atoms with E-state index < -0.39 is 13.1 Å². The molecule has 3 amide bonds. The summed E-state index contributed by atoms with van der Waals surface area (Å²) in [4.78, 5) is 35.8. The van der Waals surface area contributed by atoms with E-state index in [1.165, 1.54) is 70.4 Å². The normalized spacial score (nSPS) is 14.8. The van der Waals surface area contributed by atoms with E-state index in [0.717, 1.165) is 43.4 Å². The van der Waals surface area contributed by atoms with Gasteiger partial charge in [-0.2, -0.15) is 0 Å². The average molecular weight is 487 g/mol. The van der Waals surface area contributed by atoms with Crippen LogP contribution in [0.25, 0.3) is 0 Å². The number of hydrogen-bond donors (Lipinski definition) is 1. The highest BCUT2D eigenvalue weighted by molar-refractivity contribution is 7.62. The molecule has 0 saturated heterocycles. The molecule has 33 heavy (non-hydrogen) atoms. The maximum absolute atomic E-state index is 13.6. The van der Waals surface area contributed by atoms with Gasteiger partial charge in [-0.1, -0.05) is 77.0 Å². The summed E-state index contributed by atoms with van der Waals surface area (Å²) in [6, 6.07) is 0. The highest BCUT2D eigenvalue weighted by atomic mass is 31.2. The number of unbranched alkanes of at least 4 members (excludes halogenated alkanes) is 12. The van der Waals surface area contributed by atoms with Crippen LogP contribution in [0, 0.1) is 0 Å². The van der Waals surface area contributed by atoms with Gasteiger partial charge in [0.2, 0.25) is 5.91 Å². The van der Waals surface area contributed by atoms with E-state index in [0.29, 0.717) is 19.4 Å². The molecular formula is C25H44FN2O4P. The number of alkyl halides is 1. The Labute approximate surface area is 199 Å². The Kier molecular flexibility index (Phi) is 15.2. The minimum atomic E-state index is -2.57. The summed E-state index contributed by atoms with van der Waals surface area (Å²) in [6.07, 6.45) is 18.2. The fraction of sp³-hybridized carbons (Fsp3) is 0.800. The lowest BCUT2D eigenvalue weighted by Crippen LogP contribution is -2.38. The number of carbonyl (C=O) groups excluding carboxylic acids is 3. The van der Waals surface area contributed by atoms with Crippen LogP contribution in [0.3, 0.4) is 0 Å². The largest absolute Gasteiger partial charge is 0.354 e. The SMILES string of the molecule is CP(C)(=O)C(F)CCCCCCCCCCCCCCCC(=O)NCCN1C(=O)C=CC1=O. The average Bonchev–Trinajstić information content (AvgIpc) is 3.07. The lowest BCUT2D eigenvalue weighted by molar-refractivity contribution is -0.137. The fourth-order valence-corrected chi connectivity index (χ4v) is 4.71. The molecule has 1 atom stereocenters. The van der Waals surface area contributed by atoms with Gasteiger partial charge in [-0.25, -0.2) is 4.39 Å². The third-order valence-electron chi connectivity index (χ3n) is 6.08. The third kappa shape index (κ3) is 14.4. The number of rotatable bonds is 20. The van der Waals surface area contributed by atoms with Crippen molar-refractivity contribution in [3.8, 4) is 0 Å². The van der Waals surface area contributed by atoms with E-state index in [1.54, 1.807) is 0 Å². The van der Waals surface area contributed by atoms with Crippen LogP contribution in [-0.2, 0) is 18.9 Å². The highest BCUT2D eigenvalue weighted by Gasteiger charge is 2.22. The van der Waals surface area contributed by atoms with Gasteiger partial charge < -0.3 is 9.88 Å². The molecule has 0 saturated carbocycles. The maximum Gasteiger partial charge on any atom is 0.253 e. The van der Waals surface area contributed by atoms with Crippen molar-refractivity contribution >= 4 is 24.9 Å². The zero-order chi connectivity index (χ0) is 24.5. The standard InChI is InChI=1S/C25H44FN2O4P/c1-33(2,32)22(26)16-14-12-10-8-6-4-3-5-7-9-11-13-15-17-23(29)27-20-21-28-24(30)18-19-25(28)31/h18-19,22H,3-17,20-21H2,1-2H3,(H,27,29). The molecule has 1 aliphatic heterocycles. The lowest BCUT2D eigenvalue weighted by Gasteiger charge is -2.13. The Bertz CT molecular complexity index is 659. The van der Waals surface area contributed by atoms with E-state index in [9.17, 15) is 23.3 Å². The molecule has 0 radical (unpaired) electrons. The zero-order valence-corrected chi connectivity index (χ0v) is 21.6. The molecule has 0 bridgehead atoms. The first kappa shape index (κ1) is 29.5. The van der Waals surface area contributed by atoms with Crippen LogP contribution < -0.4 is 5.32 Å². The van der Waals surface area contributed by atoms with Crippen molar-refractivity contribution in [2.45, 2.75) is 102 Å². The molecule has 0 spiro atoms. The van der Waals surface area contributed by atoms with Crippen molar-refractivity contribution < 1.29 is 23.3 Å². The molecule has 1 rings (SSSR count). The van der Waals surface area contributed by atoms with Gasteiger partial charge in [0.05, 0.1) is 0 Å². The summed E-state index contributed by atoms with van der Waals surface area (Å²) in [7, 11) is -2.57. The van der Waals surface area contributed by atoms with Gasteiger partial charge in [0.25, 0.3) is 11.8 Å². The van der Waals surface area contributed by atoms with Crippen molar-refractivity contribution in [1.82, 2.24) is 10.2 Å². The summed E-state index contributed by atoms with van der Waals surface area (Å²) in [5.74, 6) is -1.79. The maximum atomic E-state index is 13.6. The molecule has 6 nitrogen and oxygen atoms in total. The van der Waals surface area contributed by atoms with Gasteiger partial charge in [0, 0.05) is 31.7 Å². The van der Waals surface area contributed by atoms with Crippen molar-refractivity contribution in [2.75, 3.05) is 26.4 Å². The fourth-order valence-electron chi connectivity index (χ4n) is 3.90. The number of nitrogens with zero attached hydrogens (tertiary/aromatic N) is 1. The number of imide groups is 1. The number of amides is 3.